The van der Waals surface area contributed by atoms with Gasteiger partial charge in [0, 0.05) is 68.6 Å². The average molecular weight is 582 g/mol. The minimum atomic E-state index is 1.18. The molecule has 0 fully saturated rings. The van der Waals surface area contributed by atoms with Crippen LogP contribution in [0.5, 0.6) is 0 Å². The van der Waals surface area contributed by atoms with Gasteiger partial charge in [0.05, 0.1) is 5.52 Å². The minimum Gasteiger partial charge on any atom is -0.317 e. The van der Waals surface area contributed by atoms with Gasteiger partial charge in [-0.25, -0.2) is 0 Å². The highest BCUT2D eigenvalue weighted by atomic mass is 32.1. The van der Waals surface area contributed by atoms with Gasteiger partial charge in [-0.15, -0.1) is 22.7 Å². The SMILES string of the molecule is c1ccc(-n2ccc3cc4c(cc(-c5cccc6c5sc5ccccc56)c5ccc6c7ccccc7sc6c54)cc32)cc1. The van der Waals surface area contributed by atoms with Gasteiger partial charge in [0.2, 0.25) is 0 Å². The normalized spacial score (nSPS) is 12.2. The van der Waals surface area contributed by atoms with Crippen molar-refractivity contribution < 1.29 is 0 Å². The fraction of sp³-hybridized carbons (Fsp3) is 0. The van der Waals surface area contributed by atoms with Gasteiger partial charge in [0.1, 0.15) is 0 Å². The molecule has 3 heterocycles. The first-order valence-corrected chi connectivity index (χ1v) is 16.2. The molecule has 0 bridgehead atoms. The third-order valence-electron chi connectivity index (χ3n) is 9.00. The summed E-state index contributed by atoms with van der Waals surface area (Å²) in [4.78, 5) is 0. The van der Waals surface area contributed by atoms with E-state index in [-0.39, 0.29) is 0 Å². The zero-order valence-electron chi connectivity index (χ0n) is 23.0. The number of hydrogen-bond acceptors (Lipinski definition) is 2. The van der Waals surface area contributed by atoms with Crippen LogP contribution in [0.4, 0.5) is 0 Å². The molecular formula is C40H23NS2. The van der Waals surface area contributed by atoms with E-state index in [4.69, 9.17) is 0 Å². The second-order valence-electron chi connectivity index (χ2n) is 11.3. The van der Waals surface area contributed by atoms with Crippen LogP contribution in [0, 0.1) is 0 Å². The summed E-state index contributed by atoms with van der Waals surface area (Å²) in [5.74, 6) is 0. The average Bonchev–Trinajstić information content (AvgIpc) is 3.76. The van der Waals surface area contributed by atoms with Crippen LogP contribution >= 0.6 is 22.7 Å². The van der Waals surface area contributed by atoms with E-state index < -0.39 is 0 Å². The van der Waals surface area contributed by atoms with Gasteiger partial charge >= 0.3 is 0 Å². The topological polar surface area (TPSA) is 4.93 Å². The molecule has 3 heteroatoms. The summed E-state index contributed by atoms with van der Waals surface area (Å²) >= 11 is 3.83. The highest BCUT2D eigenvalue weighted by Gasteiger charge is 2.18. The molecule has 10 rings (SSSR count). The first kappa shape index (κ1) is 23.6. The van der Waals surface area contributed by atoms with Crippen LogP contribution in [-0.2, 0) is 0 Å². The van der Waals surface area contributed by atoms with Crippen molar-refractivity contribution in [1.29, 1.82) is 0 Å². The van der Waals surface area contributed by atoms with Crippen molar-refractivity contribution in [3.63, 3.8) is 0 Å². The Hall–Kier alpha value is -4.96. The van der Waals surface area contributed by atoms with E-state index >= 15 is 0 Å². The van der Waals surface area contributed by atoms with Crippen LogP contribution in [0.25, 0.3) is 89.6 Å². The Morgan fingerprint density at radius 1 is 0.419 bits per heavy atom. The number of thiophene rings is 2. The summed E-state index contributed by atoms with van der Waals surface area (Å²) in [6.45, 7) is 0. The van der Waals surface area contributed by atoms with Gasteiger partial charge in [-0.1, -0.05) is 84.9 Å². The number of para-hydroxylation sites is 1. The molecule has 3 aromatic heterocycles. The molecule has 0 saturated carbocycles. The van der Waals surface area contributed by atoms with Crippen molar-refractivity contribution >= 4 is 95.5 Å². The van der Waals surface area contributed by atoms with E-state index in [0.717, 1.165) is 0 Å². The van der Waals surface area contributed by atoms with Crippen molar-refractivity contribution in [2.75, 3.05) is 0 Å². The fourth-order valence-corrected chi connectivity index (χ4v) is 9.54. The second kappa shape index (κ2) is 8.78. The van der Waals surface area contributed by atoms with E-state index in [0.29, 0.717) is 0 Å². The summed E-state index contributed by atoms with van der Waals surface area (Å²) in [7, 11) is 0. The molecule has 0 saturated heterocycles. The summed E-state index contributed by atoms with van der Waals surface area (Å²) in [6.07, 6.45) is 2.20. The number of rotatable bonds is 2. The Balaban J connectivity index is 1.39. The number of nitrogens with zero attached hydrogens (tertiary/aromatic N) is 1. The summed E-state index contributed by atoms with van der Waals surface area (Å²) in [6, 6.07) is 49.4. The van der Waals surface area contributed by atoms with Crippen molar-refractivity contribution in [3.05, 3.63) is 140 Å². The lowest BCUT2D eigenvalue weighted by atomic mass is 9.91. The third kappa shape index (κ3) is 3.32. The van der Waals surface area contributed by atoms with Crippen LogP contribution in [-0.4, -0.2) is 4.57 Å². The van der Waals surface area contributed by atoms with Crippen molar-refractivity contribution in [1.82, 2.24) is 4.57 Å². The Kier molecular flexibility index (Phi) is 4.81. The maximum atomic E-state index is 2.44. The third-order valence-corrected chi connectivity index (χ3v) is 11.4. The molecule has 0 spiro atoms. The number of fused-ring (bicyclic) bond motifs is 11. The smallest absolute Gasteiger partial charge is 0.0534 e. The number of benzene rings is 7. The van der Waals surface area contributed by atoms with Crippen LogP contribution in [0.2, 0.25) is 0 Å². The van der Waals surface area contributed by atoms with Gasteiger partial charge in [0.25, 0.3) is 0 Å². The lowest BCUT2D eigenvalue weighted by molar-refractivity contribution is 1.13. The zero-order valence-corrected chi connectivity index (χ0v) is 24.7. The molecule has 43 heavy (non-hydrogen) atoms. The molecule has 0 unspecified atom stereocenters. The lowest BCUT2D eigenvalue weighted by Gasteiger charge is -2.14. The van der Waals surface area contributed by atoms with E-state index in [9.17, 15) is 0 Å². The van der Waals surface area contributed by atoms with Crippen LogP contribution in [0.15, 0.2) is 140 Å². The standard InChI is InChI=1S/C40H23NS2/c1-2-9-26(10-3-1)41-20-19-24-21-33-25(23-35(24)41)22-34(31-14-8-13-30-27-11-4-6-15-36(27)42-39(30)31)29-17-18-32-28-12-5-7-16-37(28)43-40(32)38(29)33/h1-23H. The van der Waals surface area contributed by atoms with Crippen LogP contribution in [0.1, 0.15) is 0 Å². The monoisotopic (exact) mass is 581 g/mol. The maximum Gasteiger partial charge on any atom is 0.0534 e. The Morgan fingerprint density at radius 3 is 1.91 bits per heavy atom. The highest BCUT2D eigenvalue weighted by Crippen LogP contribution is 2.47. The van der Waals surface area contributed by atoms with E-state index in [1.165, 1.54) is 89.6 Å². The summed E-state index contributed by atoms with van der Waals surface area (Å²) in [5.41, 5.74) is 5.02. The quantitative estimate of drug-likeness (QED) is 0.179. The van der Waals surface area contributed by atoms with Gasteiger partial charge in [-0.05, 0) is 70.3 Å². The summed E-state index contributed by atoms with van der Waals surface area (Å²) < 4.78 is 7.71. The Bertz CT molecular complexity index is 2720. The number of aromatic nitrogens is 1. The molecule has 200 valence electrons. The van der Waals surface area contributed by atoms with Crippen LogP contribution < -0.4 is 0 Å². The van der Waals surface area contributed by atoms with Crippen molar-refractivity contribution in [2.24, 2.45) is 0 Å². The lowest BCUT2D eigenvalue weighted by Crippen LogP contribution is -1.91. The highest BCUT2D eigenvalue weighted by molar-refractivity contribution is 7.27. The van der Waals surface area contributed by atoms with E-state index in [1.807, 2.05) is 22.7 Å². The molecule has 0 radical (unpaired) electrons. The predicted octanol–water partition coefficient (Wildman–Crippen LogP) is 12.3. The molecule has 0 amide bonds. The first-order chi connectivity index (χ1) is 21.3. The van der Waals surface area contributed by atoms with E-state index in [2.05, 4.69) is 144 Å². The molecule has 10 aromatic rings. The Morgan fingerprint density at radius 2 is 1.09 bits per heavy atom. The molecule has 0 aliphatic carbocycles. The van der Waals surface area contributed by atoms with Gasteiger partial charge < -0.3 is 4.57 Å². The summed E-state index contributed by atoms with van der Waals surface area (Å²) in [5, 5.41) is 11.9. The van der Waals surface area contributed by atoms with Crippen LogP contribution in [0.3, 0.4) is 0 Å². The van der Waals surface area contributed by atoms with Crippen molar-refractivity contribution in [2.45, 2.75) is 0 Å². The largest absolute Gasteiger partial charge is 0.317 e. The van der Waals surface area contributed by atoms with Gasteiger partial charge in [0.15, 0.2) is 0 Å². The van der Waals surface area contributed by atoms with Gasteiger partial charge in [-0.2, -0.15) is 0 Å². The zero-order chi connectivity index (χ0) is 28.1. The van der Waals surface area contributed by atoms with Crippen molar-refractivity contribution in [3.8, 4) is 16.8 Å². The molecular weight excluding hydrogens is 559 g/mol. The minimum absolute atomic E-state index is 1.18. The first-order valence-electron chi connectivity index (χ1n) is 14.6. The molecule has 0 atom stereocenters. The maximum absolute atomic E-state index is 2.44. The van der Waals surface area contributed by atoms with Gasteiger partial charge in [-0.3, -0.25) is 0 Å². The molecule has 0 aliphatic rings. The fourth-order valence-electron chi connectivity index (χ4n) is 7.04. The second-order valence-corrected chi connectivity index (χ2v) is 13.4. The number of hydrogen-bond donors (Lipinski definition) is 0. The molecule has 0 N–H and O–H groups in total. The molecule has 7 aromatic carbocycles. The molecule has 0 aliphatic heterocycles. The molecule has 1 nitrogen and oxygen atoms in total. The predicted molar refractivity (Wildman–Crippen MR) is 190 cm³/mol. The van der Waals surface area contributed by atoms with E-state index in [1.54, 1.807) is 0 Å². The Labute approximate surface area is 255 Å².